The minimum atomic E-state index is -0.0325. The lowest BCUT2D eigenvalue weighted by Crippen LogP contribution is -2.18. The molecule has 17 heavy (non-hydrogen) atoms. The number of halogens is 1. The maximum Gasteiger partial charge on any atom is 0.230 e. The predicted molar refractivity (Wildman–Crippen MR) is 70.2 cm³/mol. The summed E-state index contributed by atoms with van der Waals surface area (Å²) in [6.45, 7) is 2.03. The molecular weight excluding hydrogens is 282 g/mol. The van der Waals surface area contributed by atoms with Gasteiger partial charge in [0, 0.05) is 15.9 Å². The number of pyridine rings is 1. The van der Waals surface area contributed by atoms with Gasteiger partial charge in [-0.05, 0) is 25.5 Å². The fraction of sp³-hybridized carbons (Fsp3) is 0.333. The highest BCUT2D eigenvalue weighted by Crippen LogP contribution is 2.51. The minimum absolute atomic E-state index is 0.0325. The highest BCUT2D eigenvalue weighted by Gasteiger charge is 2.52. The maximum atomic E-state index is 11.9. The fourth-order valence-corrected chi connectivity index (χ4v) is 2.47. The molecule has 0 bridgehead atoms. The molecule has 1 aliphatic carbocycles. The van der Waals surface area contributed by atoms with Crippen molar-refractivity contribution in [2.45, 2.75) is 17.7 Å². The van der Waals surface area contributed by atoms with Crippen LogP contribution in [0.2, 0.25) is 0 Å². The molecule has 2 atom stereocenters. The van der Waals surface area contributed by atoms with Crippen LogP contribution in [0.3, 0.4) is 0 Å². The molecule has 1 amide bonds. The number of hydrogen-bond donors (Lipinski definition) is 2. The number of amides is 1. The van der Waals surface area contributed by atoms with Crippen LogP contribution in [0.15, 0.2) is 24.5 Å². The van der Waals surface area contributed by atoms with Crippen LogP contribution in [-0.2, 0) is 4.79 Å². The first-order valence-corrected chi connectivity index (χ1v) is 6.28. The molecule has 5 heteroatoms. The van der Waals surface area contributed by atoms with Crippen LogP contribution in [0.1, 0.15) is 13.3 Å². The molecule has 88 valence electrons. The van der Waals surface area contributed by atoms with Crippen LogP contribution >= 0.6 is 15.9 Å². The number of rotatable bonds is 2. The lowest BCUT2D eigenvalue weighted by molar-refractivity contribution is -0.117. The Hall–Kier alpha value is -1.36. The highest BCUT2D eigenvalue weighted by atomic mass is 79.9. The first-order chi connectivity index (χ1) is 8.06. The second-order valence-electron chi connectivity index (χ2n) is 4.66. The van der Waals surface area contributed by atoms with E-state index >= 15 is 0 Å². The second kappa shape index (κ2) is 3.57. The molecule has 1 fully saturated rings. The average molecular weight is 294 g/mol. The third-order valence-electron chi connectivity index (χ3n) is 3.18. The average Bonchev–Trinajstić information content (AvgIpc) is 2.73. The summed E-state index contributed by atoms with van der Waals surface area (Å²) in [6, 6.07) is 3.83. The number of carbonyl (C=O) groups is 1. The second-order valence-corrected chi connectivity index (χ2v) is 6.47. The molecule has 2 N–H and O–H groups in total. The van der Waals surface area contributed by atoms with Crippen LogP contribution < -0.4 is 5.32 Å². The predicted octanol–water partition coefficient (Wildman–Crippen LogP) is 2.67. The van der Waals surface area contributed by atoms with Crippen molar-refractivity contribution in [3.63, 3.8) is 0 Å². The quantitative estimate of drug-likeness (QED) is 0.837. The molecule has 0 spiro atoms. The molecule has 0 aliphatic heterocycles. The molecule has 1 aliphatic rings. The number of anilines is 1. The number of aromatic amines is 1. The van der Waals surface area contributed by atoms with Crippen LogP contribution in [0, 0.1) is 5.92 Å². The Morgan fingerprint density at radius 3 is 3.18 bits per heavy atom. The summed E-state index contributed by atoms with van der Waals surface area (Å²) in [5.74, 6) is 0.690. The topological polar surface area (TPSA) is 57.8 Å². The lowest BCUT2D eigenvalue weighted by atomic mass is 10.3. The van der Waals surface area contributed by atoms with Gasteiger partial charge in [-0.2, -0.15) is 0 Å². The number of nitrogens with one attached hydrogen (secondary N) is 2. The van der Waals surface area contributed by atoms with E-state index in [0.717, 1.165) is 17.3 Å². The number of alkyl halides is 1. The molecule has 4 nitrogen and oxygen atoms in total. The molecule has 0 aromatic carbocycles. The minimum Gasteiger partial charge on any atom is -0.360 e. The van der Waals surface area contributed by atoms with Gasteiger partial charge in [0.1, 0.15) is 5.82 Å². The molecule has 2 heterocycles. The van der Waals surface area contributed by atoms with Crippen molar-refractivity contribution in [3.05, 3.63) is 24.5 Å². The Morgan fingerprint density at radius 1 is 1.71 bits per heavy atom. The Morgan fingerprint density at radius 2 is 2.47 bits per heavy atom. The Bertz CT molecular complexity index is 590. The van der Waals surface area contributed by atoms with Crippen molar-refractivity contribution in [2.24, 2.45) is 5.92 Å². The van der Waals surface area contributed by atoms with E-state index in [1.165, 1.54) is 0 Å². The standard InChI is InChI=1S/C12H12BrN3O/c1-12(13)5-8(12)11(17)16-10-4-7-2-3-14-9(7)6-15-10/h2-4,6,8,14H,5H2,1H3,(H,15,16,17). The molecular formula is C12H12BrN3O. The van der Waals surface area contributed by atoms with Crippen LogP contribution in [0.5, 0.6) is 0 Å². The van der Waals surface area contributed by atoms with E-state index in [-0.39, 0.29) is 16.1 Å². The van der Waals surface area contributed by atoms with Gasteiger partial charge >= 0.3 is 0 Å². The summed E-state index contributed by atoms with van der Waals surface area (Å²) < 4.78 is -0.0325. The number of hydrogen-bond acceptors (Lipinski definition) is 2. The van der Waals surface area contributed by atoms with Gasteiger partial charge in [0.15, 0.2) is 0 Å². The lowest BCUT2D eigenvalue weighted by Gasteiger charge is -2.04. The van der Waals surface area contributed by atoms with Gasteiger partial charge in [0.05, 0.1) is 17.6 Å². The monoisotopic (exact) mass is 293 g/mol. The van der Waals surface area contributed by atoms with Crippen LogP contribution in [-0.4, -0.2) is 20.2 Å². The number of H-pyrrole nitrogens is 1. The smallest absolute Gasteiger partial charge is 0.230 e. The van der Waals surface area contributed by atoms with E-state index in [1.54, 1.807) is 6.20 Å². The van der Waals surface area contributed by atoms with E-state index in [0.29, 0.717) is 5.82 Å². The summed E-state index contributed by atoms with van der Waals surface area (Å²) in [7, 11) is 0. The molecule has 1 saturated carbocycles. The van der Waals surface area contributed by atoms with Crippen molar-refractivity contribution in [1.29, 1.82) is 0 Å². The summed E-state index contributed by atoms with van der Waals surface area (Å²) in [6.07, 6.45) is 4.46. The number of aromatic nitrogens is 2. The Labute approximate surface area is 107 Å². The SMILES string of the molecule is CC1(Br)CC1C(=O)Nc1cc2cc[nH]c2cn1. The molecule has 2 aromatic heterocycles. The van der Waals surface area contributed by atoms with Gasteiger partial charge in [-0.3, -0.25) is 4.79 Å². The van der Waals surface area contributed by atoms with Crippen molar-refractivity contribution in [2.75, 3.05) is 5.32 Å². The van der Waals surface area contributed by atoms with E-state index in [1.807, 2.05) is 25.3 Å². The van der Waals surface area contributed by atoms with Crippen LogP contribution in [0.4, 0.5) is 5.82 Å². The number of nitrogens with zero attached hydrogens (tertiary/aromatic N) is 1. The Balaban J connectivity index is 1.78. The summed E-state index contributed by atoms with van der Waals surface area (Å²) in [4.78, 5) is 19.1. The van der Waals surface area contributed by atoms with Gasteiger partial charge in [-0.15, -0.1) is 0 Å². The van der Waals surface area contributed by atoms with E-state index in [9.17, 15) is 4.79 Å². The zero-order valence-corrected chi connectivity index (χ0v) is 10.9. The van der Waals surface area contributed by atoms with Gasteiger partial charge in [-0.25, -0.2) is 4.98 Å². The summed E-state index contributed by atoms with van der Waals surface area (Å²) in [5, 5.41) is 3.90. The van der Waals surface area contributed by atoms with E-state index in [4.69, 9.17) is 0 Å². The van der Waals surface area contributed by atoms with Crippen molar-refractivity contribution in [1.82, 2.24) is 9.97 Å². The first kappa shape index (κ1) is 10.8. The van der Waals surface area contributed by atoms with E-state index < -0.39 is 0 Å². The van der Waals surface area contributed by atoms with Gasteiger partial charge in [0.2, 0.25) is 5.91 Å². The Kier molecular flexibility index (Phi) is 2.26. The first-order valence-electron chi connectivity index (χ1n) is 5.49. The van der Waals surface area contributed by atoms with Gasteiger partial charge in [0.25, 0.3) is 0 Å². The van der Waals surface area contributed by atoms with Crippen LogP contribution in [0.25, 0.3) is 10.9 Å². The molecule has 0 saturated heterocycles. The third-order valence-corrected chi connectivity index (χ3v) is 4.05. The third kappa shape index (κ3) is 1.95. The van der Waals surface area contributed by atoms with Gasteiger partial charge < -0.3 is 10.3 Å². The van der Waals surface area contributed by atoms with E-state index in [2.05, 4.69) is 31.2 Å². The summed E-state index contributed by atoms with van der Waals surface area (Å²) >= 11 is 3.51. The summed E-state index contributed by atoms with van der Waals surface area (Å²) in [5.41, 5.74) is 0.972. The largest absolute Gasteiger partial charge is 0.360 e. The zero-order chi connectivity index (χ0) is 12.0. The highest BCUT2D eigenvalue weighted by molar-refractivity contribution is 9.10. The molecule has 3 rings (SSSR count). The number of carbonyl (C=O) groups excluding carboxylic acids is 1. The maximum absolute atomic E-state index is 11.9. The van der Waals surface area contributed by atoms with Gasteiger partial charge in [-0.1, -0.05) is 15.9 Å². The fourth-order valence-electron chi connectivity index (χ4n) is 1.94. The molecule has 2 aromatic rings. The molecule has 2 unspecified atom stereocenters. The normalized spacial score (nSPS) is 27.1. The van der Waals surface area contributed by atoms with Crippen molar-refractivity contribution >= 4 is 38.6 Å². The number of fused-ring (bicyclic) bond motifs is 1. The van der Waals surface area contributed by atoms with Crippen molar-refractivity contribution in [3.8, 4) is 0 Å². The molecule has 0 radical (unpaired) electrons. The zero-order valence-electron chi connectivity index (χ0n) is 9.33. The van der Waals surface area contributed by atoms with Crippen molar-refractivity contribution < 1.29 is 4.79 Å².